The molecule has 128 valence electrons. The molecule has 1 fully saturated rings. The van der Waals surface area contributed by atoms with E-state index in [1.54, 1.807) is 30.3 Å². The summed E-state index contributed by atoms with van der Waals surface area (Å²) in [5.41, 5.74) is 2.87. The molecule has 1 heterocycles. The van der Waals surface area contributed by atoms with Crippen molar-refractivity contribution in [1.29, 1.82) is 0 Å². The molecule has 1 aliphatic rings. The number of rotatable bonds is 2. The van der Waals surface area contributed by atoms with Crippen molar-refractivity contribution in [3.8, 4) is 0 Å². The number of urea groups is 1. The molecule has 3 rings (SSSR count). The first-order chi connectivity index (χ1) is 11.8. The number of amides is 3. The number of imide groups is 1. The number of nitrogens with zero attached hydrogens (tertiary/aromatic N) is 1. The maximum absolute atomic E-state index is 12.6. The van der Waals surface area contributed by atoms with Crippen molar-refractivity contribution >= 4 is 35.3 Å². The lowest BCUT2D eigenvalue weighted by Crippen LogP contribution is -2.30. The van der Waals surface area contributed by atoms with Crippen molar-refractivity contribution in [2.75, 3.05) is 4.90 Å². The van der Waals surface area contributed by atoms with Crippen LogP contribution in [0.4, 0.5) is 10.5 Å². The van der Waals surface area contributed by atoms with Crippen molar-refractivity contribution < 1.29 is 9.59 Å². The quantitative estimate of drug-likeness (QED) is 0.625. The summed E-state index contributed by atoms with van der Waals surface area (Å²) in [7, 11) is 0. The maximum atomic E-state index is 12.6. The van der Waals surface area contributed by atoms with Crippen LogP contribution in [0.5, 0.6) is 0 Å². The molecule has 2 aromatic rings. The Bertz CT molecular complexity index is 847. The summed E-state index contributed by atoms with van der Waals surface area (Å²) in [5, 5.41) is 3.17. The van der Waals surface area contributed by atoms with Gasteiger partial charge in [0.15, 0.2) is 0 Å². The van der Waals surface area contributed by atoms with Gasteiger partial charge in [-0.1, -0.05) is 56.6 Å². The van der Waals surface area contributed by atoms with E-state index in [0.717, 1.165) is 10.5 Å². The maximum Gasteiger partial charge on any atom is 0.333 e. The molecule has 1 aliphatic heterocycles. The minimum absolute atomic E-state index is 0.0639. The third-order valence-electron chi connectivity index (χ3n) is 4.05. The highest BCUT2D eigenvalue weighted by Crippen LogP contribution is 2.25. The summed E-state index contributed by atoms with van der Waals surface area (Å²) in [5.74, 6) is -0.382. The van der Waals surface area contributed by atoms with Crippen LogP contribution in [-0.4, -0.2) is 11.9 Å². The zero-order chi connectivity index (χ0) is 18.2. The monoisotopic (exact) mass is 354 g/mol. The van der Waals surface area contributed by atoms with Gasteiger partial charge in [-0.25, -0.2) is 9.69 Å². The fraction of sp³-hybridized carbons (Fsp3) is 0.200. The number of halogens is 1. The summed E-state index contributed by atoms with van der Waals surface area (Å²) < 4.78 is 0. The molecule has 0 saturated carbocycles. The minimum Gasteiger partial charge on any atom is -0.302 e. The van der Waals surface area contributed by atoms with E-state index < -0.39 is 6.03 Å². The van der Waals surface area contributed by atoms with Crippen LogP contribution >= 0.6 is 11.6 Å². The summed E-state index contributed by atoms with van der Waals surface area (Å²) in [6, 6.07) is 14.0. The summed E-state index contributed by atoms with van der Waals surface area (Å²) in [6.45, 7) is 6.43. The molecular formula is C20H19ClN2O2. The molecule has 25 heavy (non-hydrogen) atoms. The van der Waals surface area contributed by atoms with Crippen molar-refractivity contribution in [2.24, 2.45) is 0 Å². The second-order valence-corrected chi connectivity index (χ2v) is 7.41. The van der Waals surface area contributed by atoms with E-state index in [1.807, 2.05) is 24.3 Å². The molecule has 5 heteroatoms. The van der Waals surface area contributed by atoms with Gasteiger partial charge in [0.25, 0.3) is 5.91 Å². The lowest BCUT2D eigenvalue weighted by Gasteiger charge is -2.18. The summed E-state index contributed by atoms with van der Waals surface area (Å²) in [6.07, 6.45) is 1.68. The van der Waals surface area contributed by atoms with Gasteiger partial charge in [0.05, 0.1) is 5.69 Å². The second kappa shape index (κ2) is 6.37. The topological polar surface area (TPSA) is 49.4 Å². The van der Waals surface area contributed by atoms with Crippen LogP contribution in [0.3, 0.4) is 0 Å². The highest BCUT2D eigenvalue weighted by molar-refractivity contribution is 6.31. The van der Waals surface area contributed by atoms with Gasteiger partial charge in [-0.3, -0.25) is 4.79 Å². The number of benzene rings is 2. The van der Waals surface area contributed by atoms with Gasteiger partial charge in [-0.15, -0.1) is 0 Å². The Labute approximate surface area is 152 Å². The standard InChI is InChI=1S/C20H19ClN2O2/c1-20(2,3)14-6-4-13(5-7-14)12-17-18(24)23(19(25)22-17)16-10-8-15(21)9-11-16/h4-12H,1-3H3,(H,22,25)/b17-12+. The highest BCUT2D eigenvalue weighted by Gasteiger charge is 2.34. The van der Waals surface area contributed by atoms with Crippen molar-refractivity contribution in [3.63, 3.8) is 0 Å². The zero-order valence-electron chi connectivity index (χ0n) is 14.3. The van der Waals surface area contributed by atoms with Crippen LogP contribution in [0.15, 0.2) is 54.2 Å². The molecule has 3 amide bonds. The minimum atomic E-state index is -0.468. The molecule has 0 aromatic heterocycles. The van der Waals surface area contributed by atoms with Gasteiger partial charge in [-0.05, 0) is 46.9 Å². The molecule has 2 aromatic carbocycles. The molecule has 1 saturated heterocycles. The molecule has 0 unspecified atom stereocenters. The fourth-order valence-electron chi connectivity index (χ4n) is 2.61. The number of hydrogen-bond donors (Lipinski definition) is 1. The molecule has 0 bridgehead atoms. The van der Waals surface area contributed by atoms with Crippen molar-refractivity contribution in [3.05, 3.63) is 70.4 Å². The Morgan fingerprint density at radius 2 is 1.56 bits per heavy atom. The Kier molecular flexibility index (Phi) is 4.39. The van der Waals surface area contributed by atoms with Gasteiger partial charge in [0.2, 0.25) is 0 Å². The first-order valence-corrected chi connectivity index (χ1v) is 8.37. The van der Waals surface area contributed by atoms with E-state index in [0.29, 0.717) is 10.7 Å². The van der Waals surface area contributed by atoms with Gasteiger partial charge in [0, 0.05) is 5.02 Å². The highest BCUT2D eigenvalue weighted by atomic mass is 35.5. The fourth-order valence-corrected chi connectivity index (χ4v) is 2.73. The SMILES string of the molecule is CC(C)(C)c1ccc(/C=C2/NC(=O)N(c3ccc(Cl)cc3)C2=O)cc1. The largest absolute Gasteiger partial charge is 0.333 e. The Balaban J connectivity index is 1.86. The van der Waals surface area contributed by atoms with E-state index in [-0.39, 0.29) is 17.0 Å². The normalized spacial score (nSPS) is 16.5. The molecule has 0 atom stereocenters. The summed E-state index contributed by atoms with van der Waals surface area (Å²) >= 11 is 5.86. The zero-order valence-corrected chi connectivity index (χ0v) is 15.1. The molecule has 0 radical (unpaired) electrons. The van der Waals surface area contributed by atoms with Crippen LogP contribution in [0.2, 0.25) is 5.02 Å². The first kappa shape index (κ1) is 17.2. The number of anilines is 1. The molecule has 0 spiro atoms. The first-order valence-electron chi connectivity index (χ1n) is 7.99. The molecule has 0 aliphatic carbocycles. The lowest BCUT2D eigenvalue weighted by atomic mass is 9.87. The van der Waals surface area contributed by atoms with Gasteiger partial charge < -0.3 is 5.32 Å². The van der Waals surface area contributed by atoms with Crippen molar-refractivity contribution in [2.45, 2.75) is 26.2 Å². The predicted molar refractivity (Wildman–Crippen MR) is 101 cm³/mol. The Hall–Kier alpha value is -2.59. The van der Waals surface area contributed by atoms with E-state index in [2.05, 4.69) is 26.1 Å². The smallest absolute Gasteiger partial charge is 0.302 e. The van der Waals surface area contributed by atoms with Gasteiger partial charge in [-0.2, -0.15) is 0 Å². The molecular weight excluding hydrogens is 336 g/mol. The number of carbonyl (C=O) groups excluding carboxylic acids is 2. The third-order valence-corrected chi connectivity index (χ3v) is 4.30. The summed E-state index contributed by atoms with van der Waals surface area (Å²) in [4.78, 5) is 25.9. The number of carbonyl (C=O) groups is 2. The van der Waals surface area contributed by atoms with Gasteiger partial charge >= 0.3 is 6.03 Å². The third kappa shape index (κ3) is 3.59. The average molecular weight is 355 g/mol. The van der Waals surface area contributed by atoms with Crippen molar-refractivity contribution in [1.82, 2.24) is 5.32 Å². The molecule has 4 nitrogen and oxygen atoms in total. The van der Waals surface area contributed by atoms with E-state index in [4.69, 9.17) is 11.6 Å². The van der Waals surface area contributed by atoms with Gasteiger partial charge in [0.1, 0.15) is 5.70 Å². The predicted octanol–water partition coefficient (Wildman–Crippen LogP) is 4.73. The van der Waals surface area contributed by atoms with Crippen LogP contribution in [-0.2, 0) is 10.2 Å². The Morgan fingerprint density at radius 1 is 0.960 bits per heavy atom. The van der Waals surface area contributed by atoms with Crippen LogP contribution in [0.1, 0.15) is 31.9 Å². The van der Waals surface area contributed by atoms with E-state index in [9.17, 15) is 9.59 Å². The second-order valence-electron chi connectivity index (χ2n) is 6.98. The molecule has 1 N–H and O–H groups in total. The Morgan fingerprint density at radius 3 is 2.12 bits per heavy atom. The van der Waals surface area contributed by atoms with Crippen LogP contribution in [0, 0.1) is 0 Å². The van der Waals surface area contributed by atoms with Crippen LogP contribution in [0.25, 0.3) is 6.08 Å². The number of nitrogens with one attached hydrogen (secondary N) is 1. The van der Waals surface area contributed by atoms with Crippen LogP contribution < -0.4 is 10.2 Å². The lowest BCUT2D eigenvalue weighted by molar-refractivity contribution is -0.113. The van der Waals surface area contributed by atoms with E-state index in [1.165, 1.54) is 5.56 Å². The average Bonchev–Trinajstić information content (AvgIpc) is 2.82. The number of hydrogen-bond acceptors (Lipinski definition) is 2. The van der Waals surface area contributed by atoms with E-state index >= 15 is 0 Å².